The van der Waals surface area contributed by atoms with Gasteiger partial charge in [-0.1, -0.05) is 22.9 Å². The van der Waals surface area contributed by atoms with Gasteiger partial charge in [0.15, 0.2) is 0 Å². The van der Waals surface area contributed by atoms with Gasteiger partial charge in [0.25, 0.3) is 5.19 Å². The van der Waals surface area contributed by atoms with Crippen molar-refractivity contribution < 1.29 is 13.9 Å². The Bertz CT molecular complexity index is 972. The first-order valence-corrected chi connectivity index (χ1v) is 11.1. The summed E-state index contributed by atoms with van der Waals surface area (Å²) in [4.78, 5) is 19.8. The average Bonchev–Trinajstić information content (AvgIpc) is 3.09. The molecule has 1 aliphatic heterocycles. The topological polar surface area (TPSA) is 42.4 Å². The van der Waals surface area contributed by atoms with Gasteiger partial charge in [0.1, 0.15) is 11.9 Å². The molecule has 0 aliphatic carbocycles. The van der Waals surface area contributed by atoms with Crippen LogP contribution in [0.25, 0.3) is 10.2 Å². The van der Waals surface area contributed by atoms with Crippen molar-refractivity contribution in [3.63, 3.8) is 0 Å². The number of aromatic nitrogens is 1. The number of nitrogens with zero attached hydrogens (tertiary/aromatic N) is 2. The predicted octanol–water partition coefficient (Wildman–Crippen LogP) is 5.25. The zero-order valence-corrected chi connectivity index (χ0v) is 17.3. The van der Waals surface area contributed by atoms with E-state index in [2.05, 4.69) is 4.98 Å². The van der Waals surface area contributed by atoms with E-state index in [4.69, 9.17) is 16.3 Å². The number of thioether (sulfide) groups is 1. The number of likely N-dealkylation sites (tertiary alicyclic amines) is 1. The summed E-state index contributed by atoms with van der Waals surface area (Å²) in [6.07, 6.45) is 1.56. The second-order valence-electron chi connectivity index (χ2n) is 6.53. The molecule has 1 aromatic heterocycles. The maximum atomic E-state index is 13.3. The highest BCUT2D eigenvalue weighted by Gasteiger charge is 2.24. The zero-order chi connectivity index (χ0) is 19.5. The first-order chi connectivity index (χ1) is 13.6. The van der Waals surface area contributed by atoms with Crippen LogP contribution < -0.4 is 4.74 Å². The van der Waals surface area contributed by atoms with Crippen LogP contribution in [0.2, 0.25) is 5.02 Å². The Hall–Kier alpha value is -1.83. The summed E-state index contributed by atoms with van der Waals surface area (Å²) in [6.45, 7) is 1.34. The highest BCUT2D eigenvalue weighted by atomic mass is 35.5. The van der Waals surface area contributed by atoms with E-state index in [1.165, 1.54) is 35.2 Å². The summed E-state index contributed by atoms with van der Waals surface area (Å²) in [6, 6.07) is 12.0. The number of hydrogen-bond donors (Lipinski definition) is 0. The van der Waals surface area contributed by atoms with Gasteiger partial charge in [0, 0.05) is 35.8 Å². The summed E-state index contributed by atoms with van der Waals surface area (Å²) in [5, 5.41) is 1.25. The molecule has 0 saturated carbocycles. The summed E-state index contributed by atoms with van der Waals surface area (Å²) >= 11 is 8.75. The van der Waals surface area contributed by atoms with Gasteiger partial charge < -0.3 is 9.64 Å². The molecule has 2 aromatic carbocycles. The summed E-state index contributed by atoms with van der Waals surface area (Å²) in [7, 11) is 0. The van der Waals surface area contributed by atoms with Crippen LogP contribution in [0, 0.1) is 5.82 Å². The van der Waals surface area contributed by atoms with Crippen LogP contribution in [-0.2, 0) is 4.79 Å². The second kappa shape index (κ2) is 8.68. The molecule has 0 atom stereocenters. The zero-order valence-electron chi connectivity index (χ0n) is 14.9. The Labute approximate surface area is 175 Å². The fraction of sp³-hybridized carbons (Fsp3) is 0.300. The van der Waals surface area contributed by atoms with E-state index in [9.17, 15) is 9.18 Å². The number of halogens is 2. The lowest BCUT2D eigenvalue weighted by Gasteiger charge is -2.31. The number of rotatable bonds is 5. The first kappa shape index (κ1) is 19.5. The van der Waals surface area contributed by atoms with Crippen LogP contribution in [0.5, 0.6) is 5.19 Å². The molecule has 3 aromatic rings. The average molecular weight is 437 g/mol. The van der Waals surface area contributed by atoms with Gasteiger partial charge in [0.05, 0.1) is 16.0 Å². The summed E-state index contributed by atoms with van der Waals surface area (Å²) in [5.74, 6) is 0.274. The van der Waals surface area contributed by atoms with Crippen LogP contribution in [0.15, 0.2) is 47.4 Å². The third kappa shape index (κ3) is 4.77. The van der Waals surface area contributed by atoms with E-state index >= 15 is 0 Å². The number of piperidine rings is 1. The van der Waals surface area contributed by atoms with Crippen LogP contribution in [0.1, 0.15) is 12.8 Å². The Balaban J connectivity index is 1.26. The number of fused-ring (bicyclic) bond motifs is 1. The first-order valence-electron chi connectivity index (χ1n) is 8.96. The minimum absolute atomic E-state index is 0.0263. The second-order valence-corrected chi connectivity index (χ2v) is 9.01. The van der Waals surface area contributed by atoms with E-state index in [1.807, 2.05) is 29.2 Å². The van der Waals surface area contributed by atoms with E-state index < -0.39 is 0 Å². The van der Waals surface area contributed by atoms with Crippen molar-refractivity contribution in [2.24, 2.45) is 0 Å². The number of thiazole rings is 1. The molecule has 1 amide bonds. The molecule has 0 radical (unpaired) electrons. The molecule has 8 heteroatoms. The molecule has 28 heavy (non-hydrogen) atoms. The molecular weight excluding hydrogens is 419 g/mol. The Kier molecular flexibility index (Phi) is 6.04. The predicted molar refractivity (Wildman–Crippen MR) is 112 cm³/mol. The quantitative estimate of drug-likeness (QED) is 0.512. The molecule has 146 valence electrons. The van der Waals surface area contributed by atoms with Gasteiger partial charge in [0.2, 0.25) is 5.91 Å². The SMILES string of the molecule is O=C(CSc1ccc(Cl)cc1)N1CCC(Oc2nc3ccc(F)cc3s2)CC1. The minimum atomic E-state index is -0.272. The molecule has 4 nitrogen and oxygen atoms in total. The normalized spacial score (nSPS) is 15.1. The van der Waals surface area contributed by atoms with Crippen molar-refractivity contribution in [2.75, 3.05) is 18.8 Å². The minimum Gasteiger partial charge on any atom is -0.467 e. The molecule has 1 saturated heterocycles. The molecule has 0 N–H and O–H groups in total. The van der Waals surface area contributed by atoms with Crippen molar-refractivity contribution in [1.29, 1.82) is 0 Å². The monoisotopic (exact) mass is 436 g/mol. The van der Waals surface area contributed by atoms with Crippen LogP contribution >= 0.6 is 34.7 Å². The number of benzene rings is 2. The van der Waals surface area contributed by atoms with E-state index in [0.29, 0.717) is 29.1 Å². The fourth-order valence-corrected chi connectivity index (χ4v) is 4.89. The Morgan fingerprint density at radius 3 is 2.75 bits per heavy atom. The number of amides is 1. The molecule has 0 bridgehead atoms. The Morgan fingerprint density at radius 2 is 2.00 bits per heavy atom. The summed E-state index contributed by atoms with van der Waals surface area (Å²) < 4.78 is 20.1. The smallest absolute Gasteiger partial charge is 0.274 e. The lowest BCUT2D eigenvalue weighted by molar-refractivity contribution is -0.130. The summed E-state index contributed by atoms with van der Waals surface area (Å²) in [5.41, 5.74) is 0.744. The van der Waals surface area contributed by atoms with Gasteiger partial charge in [-0.3, -0.25) is 4.79 Å². The molecule has 0 spiro atoms. The maximum Gasteiger partial charge on any atom is 0.274 e. The number of ether oxygens (including phenoxy) is 1. The fourth-order valence-electron chi connectivity index (χ4n) is 3.06. The van der Waals surface area contributed by atoms with Crippen molar-refractivity contribution >= 4 is 50.8 Å². The van der Waals surface area contributed by atoms with Crippen LogP contribution in [-0.4, -0.2) is 40.7 Å². The molecule has 4 rings (SSSR count). The third-order valence-electron chi connectivity index (χ3n) is 4.57. The Morgan fingerprint density at radius 1 is 1.25 bits per heavy atom. The van der Waals surface area contributed by atoms with Crippen molar-refractivity contribution in [3.05, 3.63) is 53.3 Å². The number of carbonyl (C=O) groups excluding carboxylic acids is 1. The van der Waals surface area contributed by atoms with Crippen molar-refractivity contribution in [3.8, 4) is 5.19 Å². The third-order valence-corrected chi connectivity index (χ3v) is 6.73. The maximum absolute atomic E-state index is 13.3. The van der Waals surface area contributed by atoms with E-state index in [0.717, 1.165) is 28.0 Å². The lowest BCUT2D eigenvalue weighted by atomic mass is 10.1. The molecule has 1 fully saturated rings. The van der Waals surface area contributed by atoms with Gasteiger partial charge in [-0.05, 0) is 42.5 Å². The molecule has 1 aliphatic rings. The lowest BCUT2D eigenvalue weighted by Crippen LogP contribution is -2.42. The van der Waals surface area contributed by atoms with Crippen LogP contribution in [0.4, 0.5) is 4.39 Å². The standard InChI is InChI=1S/C20H18ClFN2O2S2/c21-13-1-4-16(5-2-13)27-12-19(25)24-9-7-15(8-10-24)26-20-23-17-6-3-14(22)11-18(17)28-20/h1-6,11,15H,7-10,12H2. The van der Waals surface area contributed by atoms with Crippen molar-refractivity contribution in [1.82, 2.24) is 9.88 Å². The highest BCUT2D eigenvalue weighted by Crippen LogP contribution is 2.30. The van der Waals surface area contributed by atoms with Gasteiger partial charge in [-0.25, -0.2) is 9.37 Å². The van der Waals surface area contributed by atoms with E-state index in [1.54, 1.807) is 6.07 Å². The molecule has 0 unspecified atom stereocenters. The van der Waals surface area contributed by atoms with Gasteiger partial charge in [-0.15, -0.1) is 11.8 Å². The van der Waals surface area contributed by atoms with Crippen LogP contribution in [0.3, 0.4) is 0 Å². The van der Waals surface area contributed by atoms with Crippen molar-refractivity contribution in [2.45, 2.75) is 23.8 Å². The number of carbonyl (C=O) groups is 1. The van der Waals surface area contributed by atoms with Gasteiger partial charge in [-0.2, -0.15) is 0 Å². The largest absolute Gasteiger partial charge is 0.467 e. The van der Waals surface area contributed by atoms with E-state index in [-0.39, 0.29) is 17.8 Å². The molecular formula is C20H18ClFN2O2S2. The molecule has 2 heterocycles. The highest BCUT2D eigenvalue weighted by molar-refractivity contribution is 8.00. The van der Waals surface area contributed by atoms with Gasteiger partial charge >= 0.3 is 0 Å². The number of hydrogen-bond acceptors (Lipinski definition) is 5.